The summed E-state index contributed by atoms with van der Waals surface area (Å²) in [4.78, 5) is 0.0394. The molecule has 21 heavy (non-hydrogen) atoms. The van der Waals surface area contributed by atoms with Crippen molar-refractivity contribution in [3.05, 3.63) is 17.7 Å². The van der Waals surface area contributed by atoms with Crippen LogP contribution in [-0.4, -0.2) is 45.8 Å². The number of benzene rings is 1. The van der Waals surface area contributed by atoms with E-state index in [2.05, 4.69) is 4.72 Å². The van der Waals surface area contributed by atoms with Gasteiger partial charge in [0.15, 0.2) is 11.5 Å². The van der Waals surface area contributed by atoms with Gasteiger partial charge in [0.1, 0.15) is 0 Å². The summed E-state index contributed by atoms with van der Waals surface area (Å²) in [6.45, 7) is 1.91. The first-order valence-electron chi connectivity index (χ1n) is 6.27. The van der Waals surface area contributed by atoms with Crippen LogP contribution in [0.15, 0.2) is 17.0 Å². The Morgan fingerprint density at radius 2 is 2.00 bits per heavy atom. The molecule has 2 N–H and O–H groups in total. The maximum Gasteiger partial charge on any atom is 0.240 e. The first-order valence-corrected chi connectivity index (χ1v) is 9.04. The standard InChI is InChI=1S/C13H21NO5S2/c1-9(20-4)7-14-21(16,17)11-5-10(8-15)13(19-3)12(6-11)18-2/h5-6,9,14-15H,7-8H2,1-4H3. The Kier molecular flexibility index (Phi) is 6.79. The van der Waals surface area contributed by atoms with Crippen LogP contribution in [0.1, 0.15) is 12.5 Å². The van der Waals surface area contributed by atoms with Gasteiger partial charge in [-0.2, -0.15) is 11.8 Å². The molecule has 120 valence electrons. The average Bonchev–Trinajstić information content (AvgIpc) is 2.50. The van der Waals surface area contributed by atoms with Crippen LogP contribution in [0.3, 0.4) is 0 Å². The number of aliphatic hydroxyl groups excluding tert-OH is 1. The van der Waals surface area contributed by atoms with Crippen molar-refractivity contribution in [2.24, 2.45) is 0 Å². The van der Waals surface area contributed by atoms with Gasteiger partial charge in [0, 0.05) is 23.4 Å². The molecule has 0 aliphatic rings. The zero-order chi connectivity index (χ0) is 16.0. The van der Waals surface area contributed by atoms with Gasteiger partial charge in [-0.25, -0.2) is 13.1 Å². The molecule has 1 aromatic rings. The number of hydrogen-bond donors (Lipinski definition) is 2. The topological polar surface area (TPSA) is 84.9 Å². The van der Waals surface area contributed by atoms with Crippen molar-refractivity contribution in [2.75, 3.05) is 27.0 Å². The largest absolute Gasteiger partial charge is 0.493 e. The molecule has 1 aromatic carbocycles. The molecule has 1 rings (SSSR count). The lowest BCUT2D eigenvalue weighted by atomic mass is 10.2. The predicted octanol–water partition coefficient (Wildman–Crippen LogP) is 1.23. The van der Waals surface area contributed by atoms with Gasteiger partial charge in [-0.1, -0.05) is 6.92 Å². The lowest BCUT2D eigenvalue weighted by molar-refractivity contribution is 0.269. The zero-order valence-corrected chi connectivity index (χ0v) is 14.2. The second-order valence-corrected chi connectivity index (χ2v) is 7.42. The molecule has 8 heteroatoms. The summed E-state index contributed by atoms with van der Waals surface area (Å²) in [5, 5.41) is 9.53. The lowest BCUT2D eigenvalue weighted by Gasteiger charge is -2.15. The van der Waals surface area contributed by atoms with Crippen LogP contribution in [0, 0.1) is 0 Å². The number of sulfonamides is 1. The maximum atomic E-state index is 12.3. The van der Waals surface area contributed by atoms with Crippen LogP contribution in [0.2, 0.25) is 0 Å². The second-order valence-electron chi connectivity index (χ2n) is 4.37. The van der Waals surface area contributed by atoms with E-state index in [0.29, 0.717) is 17.9 Å². The molecule has 0 radical (unpaired) electrons. The summed E-state index contributed by atoms with van der Waals surface area (Å²) < 4.78 is 37.4. The van der Waals surface area contributed by atoms with E-state index in [1.807, 2.05) is 13.2 Å². The van der Waals surface area contributed by atoms with E-state index in [1.54, 1.807) is 11.8 Å². The normalized spacial score (nSPS) is 13.0. The van der Waals surface area contributed by atoms with E-state index in [-0.39, 0.29) is 22.5 Å². The maximum absolute atomic E-state index is 12.3. The quantitative estimate of drug-likeness (QED) is 0.743. The van der Waals surface area contributed by atoms with Crippen LogP contribution < -0.4 is 14.2 Å². The Bertz CT molecular complexity index is 549. The minimum absolute atomic E-state index is 0.0394. The first-order chi connectivity index (χ1) is 9.89. The minimum atomic E-state index is -3.67. The van der Waals surface area contributed by atoms with Gasteiger partial charge in [-0.3, -0.25) is 0 Å². The van der Waals surface area contributed by atoms with Gasteiger partial charge in [0.05, 0.1) is 25.7 Å². The Labute approximate surface area is 129 Å². The van der Waals surface area contributed by atoms with E-state index in [9.17, 15) is 13.5 Å². The smallest absolute Gasteiger partial charge is 0.240 e. The van der Waals surface area contributed by atoms with Crippen molar-refractivity contribution in [3.63, 3.8) is 0 Å². The highest BCUT2D eigenvalue weighted by molar-refractivity contribution is 7.99. The Morgan fingerprint density at radius 3 is 2.48 bits per heavy atom. The van der Waals surface area contributed by atoms with Gasteiger partial charge in [0.2, 0.25) is 10.0 Å². The van der Waals surface area contributed by atoms with Crippen LogP contribution >= 0.6 is 11.8 Å². The monoisotopic (exact) mass is 335 g/mol. The van der Waals surface area contributed by atoms with E-state index >= 15 is 0 Å². The van der Waals surface area contributed by atoms with E-state index < -0.39 is 10.0 Å². The Morgan fingerprint density at radius 1 is 1.33 bits per heavy atom. The van der Waals surface area contributed by atoms with Crippen LogP contribution in [0.5, 0.6) is 11.5 Å². The van der Waals surface area contributed by atoms with Crippen LogP contribution in [0.4, 0.5) is 0 Å². The summed E-state index contributed by atoms with van der Waals surface area (Å²) in [5.41, 5.74) is 0.357. The minimum Gasteiger partial charge on any atom is -0.493 e. The first kappa shape index (κ1) is 18.1. The Balaban J connectivity index is 3.17. The van der Waals surface area contributed by atoms with Gasteiger partial charge < -0.3 is 14.6 Å². The van der Waals surface area contributed by atoms with Crippen molar-refractivity contribution in [1.29, 1.82) is 0 Å². The molecular formula is C13H21NO5S2. The highest BCUT2D eigenvalue weighted by Gasteiger charge is 2.20. The van der Waals surface area contributed by atoms with Gasteiger partial charge in [-0.15, -0.1) is 0 Å². The molecule has 0 aliphatic heterocycles. The van der Waals surface area contributed by atoms with Gasteiger partial charge in [-0.05, 0) is 12.3 Å². The molecular weight excluding hydrogens is 314 g/mol. The number of rotatable bonds is 8. The molecule has 0 bridgehead atoms. The fourth-order valence-corrected chi connectivity index (χ4v) is 3.23. The number of ether oxygens (including phenoxy) is 2. The molecule has 0 amide bonds. The summed E-state index contributed by atoms with van der Waals surface area (Å²) in [6.07, 6.45) is 1.92. The number of nitrogens with one attached hydrogen (secondary N) is 1. The van der Waals surface area contributed by atoms with Crippen molar-refractivity contribution in [2.45, 2.75) is 23.7 Å². The third kappa shape index (κ3) is 4.50. The summed E-state index contributed by atoms with van der Waals surface area (Å²) >= 11 is 1.57. The summed E-state index contributed by atoms with van der Waals surface area (Å²) in [6, 6.07) is 2.76. The molecule has 0 fully saturated rings. The van der Waals surface area contributed by atoms with E-state index in [4.69, 9.17) is 9.47 Å². The lowest BCUT2D eigenvalue weighted by Crippen LogP contribution is -2.29. The molecule has 0 saturated carbocycles. The highest BCUT2D eigenvalue weighted by atomic mass is 32.2. The highest BCUT2D eigenvalue weighted by Crippen LogP contribution is 2.34. The summed E-state index contributed by atoms with van der Waals surface area (Å²) in [7, 11) is -0.816. The van der Waals surface area contributed by atoms with Crippen molar-refractivity contribution in [3.8, 4) is 11.5 Å². The van der Waals surface area contributed by atoms with Crippen LogP contribution in [-0.2, 0) is 16.6 Å². The molecule has 0 spiro atoms. The fourth-order valence-electron chi connectivity index (χ4n) is 1.68. The van der Waals surface area contributed by atoms with E-state index in [1.165, 1.54) is 26.4 Å². The molecule has 6 nitrogen and oxygen atoms in total. The molecule has 0 aromatic heterocycles. The predicted molar refractivity (Wildman–Crippen MR) is 83.6 cm³/mol. The molecule has 0 heterocycles. The second kappa shape index (κ2) is 7.88. The molecule has 0 aliphatic carbocycles. The number of aliphatic hydroxyl groups is 1. The third-order valence-electron chi connectivity index (χ3n) is 2.97. The van der Waals surface area contributed by atoms with Gasteiger partial charge >= 0.3 is 0 Å². The van der Waals surface area contributed by atoms with E-state index in [0.717, 1.165) is 0 Å². The third-order valence-corrected chi connectivity index (χ3v) is 5.35. The molecule has 1 unspecified atom stereocenters. The van der Waals surface area contributed by atoms with Crippen LogP contribution in [0.25, 0.3) is 0 Å². The number of hydrogen-bond acceptors (Lipinski definition) is 6. The SMILES string of the molecule is COc1cc(S(=O)(=O)NCC(C)SC)cc(CO)c1OC. The Hall–Kier alpha value is -0.960. The molecule has 0 saturated heterocycles. The number of methoxy groups -OCH3 is 2. The fraction of sp³-hybridized carbons (Fsp3) is 0.538. The summed E-state index contributed by atoms with van der Waals surface area (Å²) in [5.74, 6) is 0.596. The van der Waals surface area contributed by atoms with Gasteiger partial charge in [0.25, 0.3) is 0 Å². The molecule has 1 atom stereocenters. The van der Waals surface area contributed by atoms with Crippen molar-refractivity contribution < 1.29 is 23.0 Å². The zero-order valence-electron chi connectivity index (χ0n) is 12.5. The van der Waals surface area contributed by atoms with Crippen molar-refractivity contribution >= 4 is 21.8 Å². The average molecular weight is 335 g/mol. The van der Waals surface area contributed by atoms with Crippen molar-refractivity contribution in [1.82, 2.24) is 4.72 Å². The number of thioether (sulfide) groups is 1.